The second kappa shape index (κ2) is 10.8. The van der Waals surface area contributed by atoms with Gasteiger partial charge in [-0.15, -0.1) is 0 Å². The largest absolute Gasteiger partial charge is 0.488 e. The Morgan fingerprint density at radius 1 is 0.821 bits per heavy atom. The van der Waals surface area contributed by atoms with E-state index in [0.717, 1.165) is 46.5 Å². The van der Waals surface area contributed by atoms with Crippen molar-refractivity contribution in [1.29, 1.82) is 0 Å². The topological polar surface area (TPSA) is 31.4 Å². The molecule has 0 N–H and O–H groups in total. The zero-order chi connectivity index (χ0) is 19.6. The Hall–Kier alpha value is -2.39. The number of hydrogen-bond donors (Lipinski definition) is 0. The van der Waals surface area contributed by atoms with Gasteiger partial charge in [0.25, 0.3) is 0 Å². The van der Waals surface area contributed by atoms with Crippen molar-refractivity contribution in [2.24, 2.45) is 0 Å². The van der Waals surface area contributed by atoms with Crippen LogP contribution in [0.15, 0.2) is 54.6 Å². The van der Waals surface area contributed by atoms with Crippen LogP contribution >= 0.6 is 0 Å². The SMILES string of the molecule is CCCCCCCOCc1nc2ccccc2c(OCc2ccccc2)c1C. The van der Waals surface area contributed by atoms with Gasteiger partial charge in [0.1, 0.15) is 12.4 Å². The summed E-state index contributed by atoms with van der Waals surface area (Å²) in [5, 5.41) is 1.05. The minimum absolute atomic E-state index is 0.534. The lowest BCUT2D eigenvalue weighted by Gasteiger charge is -2.16. The molecule has 1 heterocycles. The normalized spacial score (nSPS) is 11.1. The highest BCUT2D eigenvalue weighted by Gasteiger charge is 2.13. The smallest absolute Gasteiger partial charge is 0.134 e. The highest BCUT2D eigenvalue weighted by atomic mass is 16.5. The van der Waals surface area contributed by atoms with E-state index in [1.54, 1.807) is 0 Å². The minimum atomic E-state index is 0.534. The van der Waals surface area contributed by atoms with E-state index >= 15 is 0 Å². The van der Waals surface area contributed by atoms with E-state index in [1.807, 2.05) is 36.4 Å². The van der Waals surface area contributed by atoms with Gasteiger partial charge in [-0.1, -0.05) is 75.1 Å². The number of rotatable bonds is 11. The predicted molar refractivity (Wildman–Crippen MR) is 116 cm³/mol. The monoisotopic (exact) mass is 377 g/mol. The molecule has 0 bridgehead atoms. The average molecular weight is 378 g/mol. The van der Waals surface area contributed by atoms with Crippen LogP contribution < -0.4 is 4.74 Å². The fourth-order valence-electron chi connectivity index (χ4n) is 3.36. The first-order valence-corrected chi connectivity index (χ1v) is 10.4. The summed E-state index contributed by atoms with van der Waals surface area (Å²) in [7, 11) is 0. The van der Waals surface area contributed by atoms with E-state index in [0.29, 0.717) is 13.2 Å². The van der Waals surface area contributed by atoms with Crippen LogP contribution in [-0.2, 0) is 18.0 Å². The maximum Gasteiger partial charge on any atom is 0.134 e. The average Bonchev–Trinajstić information content (AvgIpc) is 2.73. The standard InChI is InChI=1S/C25H31NO2/c1-3-4-5-6-12-17-27-19-24-20(2)25(22-15-10-11-16-23(22)26-24)28-18-21-13-8-7-9-14-21/h7-11,13-16H,3-6,12,17-19H2,1-2H3. The fraction of sp³-hybridized carbons (Fsp3) is 0.400. The Morgan fingerprint density at radius 2 is 1.57 bits per heavy atom. The van der Waals surface area contributed by atoms with E-state index in [2.05, 4.69) is 32.0 Å². The molecular weight excluding hydrogens is 346 g/mol. The van der Waals surface area contributed by atoms with Crippen molar-refractivity contribution >= 4 is 10.9 Å². The number of hydrogen-bond acceptors (Lipinski definition) is 3. The Labute approximate surface area is 168 Å². The molecule has 0 amide bonds. The Bertz CT molecular complexity index is 861. The van der Waals surface area contributed by atoms with Gasteiger partial charge in [-0.25, -0.2) is 4.98 Å². The summed E-state index contributed by atoms with van der Waals surface area (Å²) in [4.78, 5) is 4.83. The van der Waals surface area contributed by atoms with Crippen molar-refractivity contribution < 1.29 is 9.47 Å². The Morgan fingerprint density at radius 3 is 2.39 bits per heavy atom. The number of fused-ring (bicyclic) bond motifs is 1. The molecule has 3 heteroatoms. The lowest BCUT2D eigenvalue weighted by molar-refractivity contribution is 0.113. The van der Waals surface area contributed by atoms with Gasteiger partial charge in [0.2, 0.25) is 0 Å². The third kappa shape index (κ3) is 5.56. The van der Waals surface area contributed by atoms with Gasteiger partial charge in [-0.3, -0.25) is 0 Å². The highest BCUT2D eigenvalue weighted by molar-refractivity contribution is 5.86. The molecule has 0 aliphatic heterocycles. The van der Waals surface area contributed by atoms with Gasteiger partial charge >= 0.3 is 0 Å². The highest BCUT2D eigenvalue weighted by Crippen LogP contribution is 2.31. The van der Waals surface area contributed by atoms with Crippen LogP contribution in [0.5, 0.6) is 5.75 Å². The third-order valence-electron chi connectivity index (χ3n) is 5.03. The van der Waals surface area contributed by atoms with Crippen LogP contribution in [0.25, 0.3) is 10.9 Å². The molecule has 148 valence electrons. The molecule has 3 nitrogen and oxygen atoms in total. The maximum atomic E-state index is 6.25. The van der Waals surface area contributed by atoms with Gasteiger partial charge in [0.05, 0.1) is 17.8 Å². The number of unbranched alkanes of at least 4 members (excludes halogenated alkanes) is 4. The van der Waals surface area contributed by atoms with Crippen LogP contribution in [0.1, 0.15) is 55.8 Å². The van der Waals surface area contributed by atoms with Crippen LogP contribution in [0.3, 0.4) is 0 Å². The molecule has 1 aromatic heterocycles. The first kappa shape index (κ1) is 20.3. The van der Waals surface area contributed by atoms with Crippen LogP contribution in [-0.4, -0.2) is 11.6 Å². The Kier molecular flexibility index (Phi) is 7.86. The number of nitrogens with zero attached hydrogens (tertiary/aromatic N) is 1. The number of ether oxygens (including phenoxy) is 2. The van der Waals surface area contributed by atoms with E-state index in [4.69, 9.17) is 14.5 Å². The van der Waals surface area contributed by atoms with E-state index in [1.165, 1.54) is 25.7 Å². The van der Waals surface area contributed by atoms with Crippen molar-refractivity contribution in [1.82, 2.24) is 4.98 Å². The molecule has 0 unspecified atom stereocenters. The number of benzene rings is 2. The molecule has 0 saturated carbocycles. The molecular formula is C25H31NO2. The third-order valence-corrected chi connectivity index (χ3v) is 5.03. The fourth-order valence-corrected chi connectivity index (χ4v) is 3.36. The molecule has 0 radical (unpaired) electrons. The van der Waals surface area contributed by atoms with Crippen molar-refractivity contribution in [2.45, 2.75) is 59.2 Å². The van der Waals surface area contributed by atoms with Gasteiger partial charge in [-0.2, -0.15) is 0 Å². The molecule has 0 aliphatic rings. The summed E-state index contributed by atoms with van der Waals surface area (Å²) in [5.41, 5.74) is 4.15. The van der Waals surface area contributed by atoms with Crippen molar-refractivity contribution in [3.05, 3.63) is 71.4 Å². The first-order valence-electron chi connectivity index (χ1n) is 10.4. The molecule has 0 aliphatic carbocycles. The molecule has 2 aromatic carbocycles. The van der Waals surface area contributed by atoms with Crippen molar-refractivity contribution in [3.63, 3.8) is 0 Å². The van der Waals surface area contributed by atoms with Gasteiger partial charge in [0.15, 0.2) is 0 Å². The minimum Gasteiger partial charge on any atom is -0.488 e. The Balaban J connectivity index is 1.69. The quantitative estimate of drug-likeness (QED) is 0.352. The molecule has 3 rings (SSSR count). The zero-order valence-corrected chi connectivity index (χ0v) is 17.1. The second-order valence-electron chi connectivity index (χ2n) is 7.27. The first-order chi connectivity index (χ1) is 13.8. The number of pyridine rings is 1. The summed E-state index contributed by atoms with van der Waals surface area (Å²) in [6, 6.07) is 18.4. The van der Waals surface area contributed by atoms with Crippen LogP contribution in [0.2, 0.25) is 0 Å². The van der Waals surface area contributed by atoms with Crippen molar-refractivity contribution in [2.75, 3.05) is 6.61 Å². The van der Waals surface area contributed by atoms with E-state index in [-0.39, 0.29) is 0 Å². The lowest BCUT2D eigenvalue weighted by atomic mass is 10.1. The molecule has 28 heavy (non-hydrogen) atoms. The van der Waals surface area contributed by atoms with Crippen molar-refractivity contribution in [3.8, 4) is 5.75 Å². The maximum absolute atomic E-state index is 6.25. The summed E-state index contributed by atoms with van der Waals surface area (Å²) >= 11 is 0. The van der Waals surface area contributed by atoms with Crippen LogP contribution in [0.4, 0.5) is 0 Å². The molecule has 0 fully saturated rings. The predicted octanol–water partition coefficient (Wildman–Crippen LogP) is 6.61. The summed E-state index contributed by atoms with van der Waals surface area (Å²) in [6.07, 6.45) is 6.23. The van der Waals surface area contributed by atoms with E-state index in [9.17, 15) is 0 Å². The van der Waals surface area contributed by atoms with Gasteiger partial charge < -0.3 is 9.47 Å². The number of para-hydroxylation sites is 1. The molecule has 0 saturated heterocycles. The van der Waals surface area contributed by atoms with Gasteiger partial charge in [-0.05, 0) is 31.0 Å². The number of aromatic nitrogens is 1. The van der Waals surface area contributed by atoms with Gasteiger partial charge in [0, 0.05) is 17.6 Å². The lowest BCUT2D eigenvalue weighted by Crippen LogP contribution is -2.05. The molecule has 0 atom stereocenters. The van der Waals surface area contributed by atoms with E-state index < -0.39 is 0 Å². The summed E-state index contributed by atoms with van der Waals surface area (Å²) in [5.74, 6) is 0.913. The second-order valence-corrected chi connectivity index (χ2v) is 7.27. The summed E-state index contributed by atoms with van der Waals surface area (Å²) in [6.45, 7) is 6.19. The molecule has 0 spiro atoms. The summed E-state index contributed by atoms with van der Waals surface area (Å²) < 4.78 is 12.2. The zero-order valence-electron chi connectivity index (χ0n) is 17.1. The van der Waals surface area contributed by atoms with Crippen LogP contribution in [0, 0.1) is 6.92 Å². The molecule has 3 aromatic rings.